The summed E-state index contributed by atoms with van der Waals surface area (Å²) in [5, 5.41) is 3.79. The molecule has 0 aliphatic heterocycles. The van der Waals surface area contributed by atoms with E-state index in [-0.39, 0.29) is 17.9 Å². The van der Waals surface area contributed by atoms with Crippen molar-refractivity contribution in [1.29, 1.82) is 0 Å². The third kappa shape index (κ3) is 3.41. The summed E-state index contributed by atoms with van der Waals surface area (Å²) >= 11 is 1.31. The molecule has 8 heteroatoms. The molecule has 0 spiro atoms. The second-order valence-electron chi connectivity index (χ2n) is 5.57. The second-order valence-corrected chi connectivity index (χ2v) is 6.60. The molecule has 1 fully saturated rings. The maximum absolute atomic E-state index is 12.7. The van der Waals surface area contributed by atoms with Crippen molar-refractivity contribution in [3.05, 3.63) is 23.8 Å². The molecule has 23 heavy (non-hydrogen) atoms. The number of anilines is 1. The number of nitrogens with one attached hydrogen (secondary N) is 1. The Kier molecular flexibility index (Phi) is 4.18. The van der Waals surface area contributed by atoms with Crippen molar-refractivity contribution in [2.45, 2.75) is 31.5 Å². The van der Waals surface area contributed by atoms with E-state index in [1.165, 1.54) is 24.5 Å². The van der Waals surface area contributed by atoms with Crippen LogP contribution in [0.1, 0.15) is 24.8 Å². The molecular formula is C15H15F3N2O2S. The number of fused-ring (bicyclic) bond motifs is 1. The van der Waals surface area contributed by atoms with Crippen LogP contribution in [0.4, 0.5) is 18.3 Å². The number of methoxy groups -OCH3 is 1. The number of halogens is 3. The zero-order chi connectivity index (χ0) is 16.6. The lowest BCUT2D eigenvalue weighted by Crippen LogP contribution is -2.18. The Balaban J connectivity index is 1.73. The fourth-order valence-electron chi connectivity index (χ4n) is 2.83. The fourth-order valence-corrected chi connectivity index (χ4v) is 3.76. The summed E-state index contributed by atoms with van der Waals surface area (Å²) in [5.41, 5.74) is -0.372. The van der Waals surface area contributed by atoms with Crippen LogP contribution in [-0.4, -0.2) is 24.1 Å². The highest BCUT2D eigenvalue weighted by Gasteiger charge is 2.32. The summed E-state index contributed by atoms with van der Waals surface area (Å²) in [7, 11) is 1.37. The molecule has 3 rings (SSSR count). The van der Waals surface area contributed by atoms with Gasteiger partial charge in [0, 0.05) is 6.04 Å². The number of esters is 1. The van der Waals surface area contributed by atoms with Crippen LogP contribution in [0.3, 0.4) is 0 Å². The summed E-state index contributed by atoms with van der Waals surface area (Å²) in [5.74, 6) is -0.336. The smallest absolute Gasteiger partial charge is 0.416 e. The molecule has 0 bridgehead atoms. The van der Waals surface area contributed by atoms with Crippen molar-refractivity contribution >= 4 is 32.7 Å². The zero-order valence-electron chi connectivity index (χ0n) is 12.3. The molecule has 1 saturated carbocycles. The van der Waals surface area contributed by atoms with E-state index in [0.717, 1.165) is 25.0 Å². The molecule has 0 radical (unpaired) electrons. The van der Waals surface area contributed by atoms with Gasteiger partial charge in [-0.05, 0) is 37.5 Å². The number of hydrogen-bond donors (Lipinski definition) is 1. The number of benzene rings is 1. The summed E-state index contributed by atoms with van der Waals surface area (Å²) in [6.45, 7) is 0. The van der Waals surface area contributed by atoms with Crippen molar-refractivity contribution in [2.75, 3.05) is 12.4 Å². The van der Waals surface area contributed by atoms with E-state index in [1.807, 2.05) is 0 Å². The SMILES string of the molecule is COC(=O)[C@H]1CC[C@@H](Nc2nc3cc(C(F)(F)F)ccc3s2)C1. The van der Waals surface area contributed by atoms with Gasteiger partial charge < -0.3 is 10.1 Å². The minimum atomic E-state index is -4.37. The average molecular weight is 344 g/mol. The van der Waals surface area contributed by atoms with Gasteiger partial charge in [0.25, 0.3) is 0 Å². The molecule has 4 nitrogen and oxygen atoms in total. The third-order valence-corrected chi connectivity index (χ3v) is 4.98. The van der Waals surface area contributed by atoms with Crippen molar-refractivity contribution < 1.29 is 22.7 Å². The van der Waals surface area contributed by atoms with E-state index in [0.29, 0.717) is 21.8 Å². The molecule has 0 amide bonds. The molecule has 2 aromatic rings. The number of thiazole rings is 1. The highest BCUT2D eigenvalue weighted by Crippen LogP contribution is 2.35. The Bertz CT molecular complexity index is 729. The molecular weight excluding hydrogens is 329 g/mol. The number of alkyl halides is 3. The van der Waals surface area contributed by atoms with Gasteiger partial charge in [0.05, 0.1) is 28.8 Å². The van der Waals surface area contributed by atoms with Crippen molar-refractivity contribution in [3.8, 4) is 0 Å². The molecule has 1 N–H and O–H groups in total. The molecule has 0 unspecified atom stereocenters. The van der Waals surface area contributed by atoms with Crippen molar-refractivity contribution in [1.82, 2.24) is 4.98 Å². The lowest BCUT2D eigenvalue weighted by atomic mass is 10.1. The van der Waals surface area contributed by atoms with Crippen LogP contribution < -0.4 is 5.32 Å². The molecule has 1 aliphatic rings. The molecule has 124 valence electrons. The topological polar surface area (TPSA) is 51.2 Å². The number of ether oxygens (including phenoxy) is 1. The van der Waals surface area contributed by atoms with Gasteiger partial charge in [-0.15, -0.1) is 0 Å². The van der Waals surface area contributed by atoms with Crippen LogP contribution in [-0.2, 0) is 15.7 Å². The van der Waals surface area contributed by atoms with Crippen LogP contribution in [0.2, 0.25) is 0 Å². The first-order chi connectivity index (χ1) is 10.9. The van der Waals surface area contributed by atoms with Gasteiger partial charge in [-0.25, -0.2) is 4.98 Å². The van der Waals surface area contributed by atoms with E-state index in [9.17, 15) is 18.0 Å². The van der Waals surface area contributed by atoms with E-state index in [1.54, 1.807) is 0 Å². The first-order valence-electron chi connectivity index (χ1n) is 7.19. The minimum Gasteiger partial charge on any atom is -0.469 e. The van der Waals surface area contributed by atoms with Crippen molar-refractivity contribution in [3.63, 3.8) is 0 Å². The maximum Gasteiger partial charge on any atom is 0.416 e. The average Bonchev–Trinajstić information content (AvgIpc) is 3.11. The first-order valence-corrected chi connectivity index (χ1v) is 8.00. The van der Waals surface area contributed by atoms with Crippen LogP contribution in [0.15, 0.2) is 18.2 Å². The molecule has 1 aromatic heterocycles. The fraction of sp³-hybridized carbons (Fsp3) is 0.467. The zero-order valence-corrected chi connectivity index (χ0v) is 13.1. The predicted octanol–water partition coefficient (Wildman–Crippen LogP) is 4.07. The first kappa shape index (κ1) is 16.0. The highest BCUT2D eigenvalue weighted by molar-refractivity contribution is 7.22. The Morgan fingerprint density at radius 1 is 1.39 bits per heavy atom. The number of carbonyl (C=O) groups excluding carboxylic acids is 1. The summed E-state index contributed by atoms with van der Waals surface area (Å²) in [6, 6.07) is 3.64. The normalized spacial score (nSPS) is 21.6. The Hall–Kier alpha value is -1.83. The molecule has 2 atom stereocenters. The van der Waals surface area contributed by atoms with Crippen LogP contribution in [0.25, 0.3) is 10.2 Å². The second kappa shape index (κ2) is 5.99. The number of carbonyl (C=O) groups is 1. The van der Waals surface area contributed by atoms with E-state index in [4.69, 9.17) is 4.74 Å². The van der Waals surface area contributed by atoms with Gasteiger partial charge >= 0.3 is 12.1 Å². The molecule has 1 heterocycles. The minimum absolute atomic E-state index is 0.0850. The maximum atomic E-state index is 12.7. The summed E-state index contributed by atoms with van der Waals surface area (Å²) < 4.78 is 43.6. The lowest BCUT2D eigenvalue weighted by molar-refractivity contribution is -0.145. The van der Waals surface area contributed by atoms with Gasteiger partial charge in [-0.3, -0.25) is 4.79 Å². The molecule has 1 aromatic carbocycles. The number of aromatic nitrogens is 1. The molecule has 1 aliphatic carbocycles. The van der Waals surface area contributed by atoms with Gasteiger partial charge in [0.15, 0.2) is 5.13 Å². The van der Waals surface area contributed by atoms with E-state index in [2.05, 4.69) is 10.3 Å². The third-order valence-electron chi connectivity index (χ3n) is 4.01. The van der Waals surface area contributed by atoms with Gasteiger partial charge in [0.2, 0.25) is 0 Å². The number of hydrogen-bond acceptors (Lipinski definition) is 5. The number of nitrogens with zero attached hydrogens (tertiary/aromatic N) is 1. The van der Waals surface area contributed by atoms with Crippen LogP contribution in [0, 0.1) is 5.92 Å². The Morgan fingerprint density at radius 2 is 2.17 bits per heavy atom. The highest BCUT2D eigenvalue weighted by atomic mass is 32.1. The summed E-state index contributed by atoms with van der Waals surface area (Å²) in [6.07, 6.45) is -2.17. The summed E-state index contributed by atoms with van der Waals surface area (Å²) in [4.78, 5) is 15.7. The predicted molar refractivity (Wildman–Crippen MR) is 81.4 cm³/mol. The largest absolute Gasteiger partial charge is 0.469 e. The van der Waals surface area contributed by atoms with Crippen LogP contribution >= 0.6 is 11.3 Å². The van der Waals surface area contributed by atoms with Gasteiger partial charge in [0.1, 0.15) is 0 Å². The Labute approximate surface area is 134 Å². The number of rotatable bonds is 3. The lowest BCUT2D eigenvalue weighted by Gasteiger charge is -2.11. The Morgan fingerprint density at radius 3 is 2.87 bits per heavy atom. The van der Waals surface area contributed by atoms with E-state index >= 15 is 0 Å². The standard InChI is InChI=1S/C15H15F3N2O2S/c1-22-13(21)8-2-4-10(6-8)19-14-20-11-7-9(15(16,17)18)3-5-12(11)23-14/h3,5,7-8,10H,2,4,6H2,1H3,(H,19,20)/t8-,10+/m0/s1. The quantitative estimate of drug-likeness (QED) is 0.853. The van der Waals surface area contributed by atoms with Gasteiger partial charge in [-0.2, -0.15) is 13.2 Å². The van der Waals surface area contributed by atoms with Crippen molar-refractivity contribution in [2.24, 2.45) is 5.92 Å². The molecule has 0 saturated heterocycles. The van der Waals surface area contributed by atoms with Gasteiger partial charge in [-0.1, -0.05) is 11.3 Å². The monoisotopic (exact) mass is 344 g/mol. The van der Waals surface area contributed by atoms with Crippen LogP contribution in [0.5, 0.6) is 0 Å². The van der Waals surface area contributed by atoms with E-state index < -0.39 is 11.7 Å².